The van der Waals surface area contributed by atoms with Crippen molar-refractivity contribution in [1.29, 1.82) is 0 Å². The van der Waals surface area contributed by atoms with Crippen molar-refractivity contribution in [1.82, 2.24) is 0 Å². The summed E-state index contributed by atoms with van der Waals surface area (Å²) in [4.78, 5) is 0. The minimum absolute atomic E-state index is 0.351. The van der Waals surface area contributed by atoms with Gasteiger partial charge in [0, 0.05) is 0 Å². The molecule has 0 aromatic heterocycles. The van der Waals surface area contributed by atoms with E-state index in [1.165, 1.54) is 21.5 Å². The van der Waals surface area contributed by atoms with E-state index < -0.39 is 7.32 Å². The van der Waals surface area contributed by atoms with Gasteiger partial charge in [-0.15, -0.1) is 0 Å². The average molecular weight is 432 g/mol. The van der Waals surface area contributed by atoms with Crippen molar-refractivity contribution in [3.05, 3.63) is 120 Å². The number of benzene rings is 5. The zero-order valence-corrected chi connectivity index (χ0v) is 18.8. The summed E-state index contributed by atoms with van der Waals surface area (Å²) in [6.07, 6.45) is 0. The molecule has 0 N–H and O–H groups in total. The first-order valence-corrected chi connectivity index (χ1v) is 11.1. The van der Waals surface area contributed by atoms with E-state index in [2.05, 4.69) is 54.6 Å². The lowest BCUT2D eigenvalue weighted by atomic mass is 9.97. The van der Waals surface area contributed by atoms with Gasteiger partial charge in [0.25, 0.3) is 0 Å². The largest absolute Gasteiger partial charge is 0.788 e. The molecule has 5 rings (SSSR count). The van der Waals surface area contributed by atoms with Crippen LogP contribution in [-0.2, 0) is 11.3 Å². The number of aryl methyl sites for hydroxylation is 2. The topological polar surface area (TPSA) is 27.7 Å². The summed E-state index contributed by atoms with van der Waals surface area (Å²) in [5, 5.41) is 4.71. The molecule has 0 amide bonds. The van der Waals surface area contributed by atoms with Crippen molar-refractivity contribution >= 4 is 28.9 Å². The van der Waals surface area contributed by atoms with E-state index in [-0.39, 0.29) is 0 Å². The Balaban J connectivity index is 1.50. The van der Waals surface area contributed by atoms with E-state index in [1.54, 1.807) is 0 Å². The Kier molecular flexibility index (Phi) is 6.01. The van der Waals surface area contributed by atoms with Crippen LogP contribution in [0.25, 0.3) is 21.5 Å². The zero-order valence-electron chi connectivity index (χ0n) is 18.8. The second kappa shape index (κ2) is 9.39. The molecule has 33 heavy (non-hydrogen) atoms. The molecular weight excluding hydrogens is 407 g/mol. The molecule has 0 bridgehead atoms. The number of hydrogen-bond donors (Lipinski definition) is 0. The van der Waals surface area contributed by atoms with Crippen molar-refractivity contribution < 1.29 is 14.0 Å². The van der Waals surface area contributed by atoms with Gasteiger partial charge in [-0.3, -0.25) is 0 Å². The summed E-state index contributed by atoms with van der Waals surface area (Å²) in [7, 11) is -0.898. The molecule has 4 heteroatoms. The monoisotopic (exact) mass is 432 g/mol. The number of fused-ring (bicyclic) bond motifs is 2. The van der Waals surface area contributed by atoms with Crippen LogP contribution in [0.3, 0.4) is 0 Å². The molecule has 0 spiro atoms. The maximum atomic E-state index is 6.32. The van der Waals surface area contributed by atoms with E-state index in [1.807, 2.05) is 62.4 Å². The molecule has 0 aliphatic rings. The fraction of sp³-hybridized carbons (Fsp3) is 0.103. The lowest BCUT2D eigenvalue weighted by molar-refractivity contribution is 0.192. The van der Waals surface area contributed by atoms with Gasteiger partial charge in [0.05, 0.1) is 6.61 Å². The highest BCUT2D eigenvalue weighted by molar-refractivity contribution is 6.38. The Hall–Kier alpha value is -3.76. The Morgan fingerprint density at radius 2 is 1.03 bits per heavy atom. The van der Waals surface area contributed by atoms with Crippen LogP contribution in [-0.4, -0.2) is 7.32 Å². The van der Waals surface area contributed by atoms with Gasteiger partial charge >= 0.3 is 7.32 Å². The van der Waals surface area contributed by atoms with Crippen molar-refractivity contribution in [2.45, 2.75) is 20.5 Å². The highest BCUT2D eigenvalue weighted by Crippen LogP contribution is 2.30. The maximum absolute atomic E-state index is 6.32. The number of hydrogen-bond acceptors (Lipinski definition) is 3. The third-order valence-corrected chi connectivity index (χ3v) is 5.88. The van der Waals surface area contributed by atoms with Gasteiger partial charge in [-0.2, -0.15) is 0 Å². The molecular formula is C29H25BO3. The SMILES string of the molecule is Cc1ccccc1OB(OCc1c2ccccc2cc2ccccc12)Oc1ccccc1C. The molecule has 3 nitrogen and oxygen atoms in total. The van der Waals surface area contributed by atoms with Gasteiger partial charge < -0.3 is 14.0 Å². The van der Waals surface area contributed by atoms with Crippen LogP contribution in [0.2, 0.25) is 0 Å². The molecule has 5 aromatic rings. The zero-order chi connectivity index (χ0) is 22.6. The van der Waals surface area contributed by atoms with Crippen molar-refractivity contribution in [3.8, 4) is 11.5 Å². The normalized spacial score (nSPS) is 11.0. The number of para-hydroxylation sites is 2. The van der Waals surface area contributed by atoms with Gasteiger partial charge in [0.1, 0.15) is 11.5 Å². The van der Waals surface area contributed by atoms with E-state index in [9.17, 15) is 0 Å². The molecule has 0 heterocycles. The maximum Gasteiger partial charge on any atom is 0.788 e. The second-order valence-electron chi connectivity index (χ2n) is 8.16. The van der Waals surface area contributed by atoms with Crippen LogP contribution in [0.4, 0.5) is 0 Å². The smallest absolute Gasteiger partial charge is 0.501 e. The van der Waals surface area contributed by atoms with Crippen molar-refractivity contribution in [2.75, 3.05) is 0 Å². The predicted molar refractivity (Wildman–Crippen MR) is 136 cm³/mol. The molecule has 0 atom stereocenters. The average Bonchev–Trinajstić information content (AvgIpc) is 2.84. The molecule has 0 radical (unpaired) electrons. The molecule has 0 aliphatic heterocycles. The third-order valence-electron chi connectivity index (χ3n) is 5.88. The van der Waals surface area contributed by atoms with Crippen LogP contribution < -0.4 is 9.31 Å². The Morgan fingerprint density at radius 3 is 1.55 bits per heavy atom. The minimum Gasteiger partial charge on any atom is -0.501 e. The highest BCUT2D eigenvalue weighted by Gasteiger charge is 2.29. The van der Waals surface area contributed by atoms with Crippen LogP contribution >= 0.6 is 0 Å². The van der Waals surface area contributed by atoms with Crippen LogP contribution in [0.15, 0.2) is 103 Å². The van der Waals surface area contributed by atoms with Crippen molar-refractivity contribution in [3.63, 3.8) is 0 Å². The van der Waals surface area contributed by atoms with Gasteiger partial charge in [0.2, 0.25) is 0 Å². The Labute approximate surface area is 194 Å². The Morgan fingerprint density at radius 1 is 0.576 bits per heavy atom. The standard InChI is InChI=1S/C29H25BO3/c1-21-11-3-9-17-28(21)32-30(33-29-18-10-4-12-22(29)2)31-20-27-25-15-7-5-13-23(25)19-24-14-6-8-16-26(24)27/h3-19H,20H2,1-2H3. The van der Waals surface area contributed by atoms with Gasteiger partial charge in [0.15, 0.2) is 0 Å². The van der Waals surface area contributed by atoms with Gasteiger partial charge in [-0.1, -0.05) is 84.9 Å². The van der Waals surface area contributed by atoms with Crippen LogP contribution in [0, 0.1) is 13.8 Å². The minimum atomic E-state index is -0.898. The molecule has 0 unspecified atom stereocenters. The van der Waals surface area contributed by atoms with E-state index in [4.69, 9.17) is 14.0 Å². The van der Waals surface area contributed by atoms with Crippen LogP contribution in [0.1, 0.15) is 16.7 Å². The van der Waals surface area contributed by atoms with Crippen molar-refractivity contribution in [2.24, 2.45) is 0 Å². The number of rotatable bonds is 7. The van der Waals surface area contributed by atoms with Gasteiger partial charge in [-0.05, 0) is 70.3 Å². The van der Waals surface area contributed by atoms with Crippen LogP contribution in [0.5, 0.6) is 11.5 Å². The summed E-state index contributed by atoms with van der Waals surface area (Å²) in [6.45, 7) is 4.38. The fourth-order valence-corrected chi connectivity index (χ4v) is 4.09. The summed E-state index contributed by atoms with van der Waals surface area (Å²) < 4.78 is 18.7. The molecule has 0 fully saturated rings. The third kappa shape index (κ3) is 4.57. The molecule has 0 aliphatic carbocycles. The van der Waals surface area contributed by atoms with Gasteiger partial charge in [-0.25, -0.2) is 0 Å². The van der Waals surface area contributed by atoms with E-state index in [0.29, 0.717) is 6.61 Å². The van der Waals surface area contributed by atoms with E-state index >= 15 is 0 Å². The summed E-state index contributed by atoms with van der Waals surface area (Å²) in [5.41, 5.74) is 3.17. The fourth-order valence-electron chi connectivity index (χ4n) is 4.09. The van der Waals surface area contributed by atoms with E-state index in [0.717, 1.165) is 28.2 Å². The highest BCUT2D eigenvalue weighted by atomic mass is 16.7. The summed E-state index contributed by atoms with van der Waals surface area (Å²) in [5.74, 6) is 1.47. The molecule has 162 valence electrons. The molecule has 0 saturated carbocycles. The lowest BCUT2D eigenvalue weighted by Crippen LogP contribution is -2.34. The Bertz CT molecular complexity index is 1310. The quantitative estimate of drug-likeness (QED) is 0.200. The summed E-state index contributed by atoms with van der Waals surface area (Å²) in [6, 6.07) is 34.8. The first-order valence-electron chi connectivity index (χ1n) is 11.1. The first-order chi connectivity index (χ1) is 16.2. The first kappa shape index (κ1) is 21.1. The second-order valence-corrected chi connectivity index (χ2v) is 8.16. The summed E-state index contributed by atoms with van der Waals surface area (Å²) >= 11 is 0. The molecule has 0 saturated heterocycles. The predicted octanol–water partition coefficient (Wildman–Crippen LogP) is 7.27. The lowest BCUT2D eigenvalue weighted by Gasteiger charge is -2.19. The molecule has 5 aromatic carbocycles.